The van der Waals surface area contributed by atoms with E-state index in [1.807, 2.05) is 0 Å². The van der Waals surface area contributed by atoms with Crippen LogP contribution < -0.4 is 0 Å². The predicted molar refractivity (Wildman–Crippen MR) is 98.0 cm³/mol. The van der Waals surface area contributed by atoms with Crippen LogP contribution in [0.3, 0.4) is 0 Å². The average molecular weight is 432 g/mol. The van der Waals surface area contributed by atoms with Gasteiger partial charge in [0.15, 0.2) is 0 Å². The van der Waals surface area contributed by atoms with Gasteiger partial charge >= 0.3 is 24.0 Å². The molecule has 166 valence electrons. The Bertz CT molecular complexity index is 769. The van der Waals surface area contributed by atoms with Gasteiger partial charge in [-0.05, 0) is 5.56 Å². The van der Waals surface area contributed by atoms with Crippen molar-refractivity contribution in [2.75, 3.05) is 28.3 Å². The van der Waals surface area contributed by atoms with Gasteiger partial charge in [0, 0.05) is 20.5 Å². The molecular weight excluding hydrogens is 409 g/mol. The van der Waals surface area contributed by atoms with E-state index in [4.69, 9.17) is 4.74 Å². The molecular formula is C19H23F3N2O6. The van der Waals surface area contributed by atoms with Crippen molar-refractivity contribution in [2.45, 2.75) is 31.1 Å². The Balaban J connectivity index is 3.23. The Labute approximate surface area is 171 Å². The molecule has 0 N–H and O–H groups in total. The van der Waals surface area contributed by atoms with Gasteiger partial charge in [-0.25, -0.2) is 4.79 Å². The van der Waals surface area contributed by atoms with E-state index < -0.39 is 48.4 Å². The minimum Gasteiger partial charge on any atom is -0.469 e. The summed E-state index contributed by atoms with van der Waals surface area (Å²) in [5.41, 5.74) is 0.664. The van der Waals surface area contributed by atoms with Crippen LogP contribution in [0.1, 0.15) is 12.0 Å². The van der Waals surface area contributed by atoms with Crippen molar-refractivity contribution in [3.8, 4) is 0 Å². The van der Waals surface area contributed by atoms with Gasteiger partial charge in [0.2, 0.25) is 5.91 Å². The van der Waals surface area contributed by atoms with Gasteiger partial charge in [-0.3, -0.25) is 14.4 Å². The summed E-state index contributed by atoms with van der Waals surface area (Å²) in [6.45, 7) is 0. The van der Waals surface area contributed by atoms with Gasteiger partial charge in [-0.1, -0.05) is 30.3 Å². The van der Waals surface area contributed by atoms with E-state index in [9.17, 15) is 32.3 Å². The fourth-order valence-electron chi connectivity index (χ4n) is 2.71. The molecule has 0 bridgehead atoms. The maximum atomic E-state index is 13.0. The molecule has 11 heteroatoms. The predicted octanol–water partition coefficient (Wildman–Crippen LogP) is 1.18. The van der Waals surface area contributed by atoms with E-state index in [1.165, 1.54) is 7.05 Å². The van der Waals surface area contributed by atoms with Crippen LogP contribution in [-0.2, 0) is 35.1 Å². The Morgan fingerprint density at radius 3 is 1.97 bits per heavy atom. The highest BCUT2D eigenvalue weighted by Crippen LogP contribution is 2.22. The van der Waals surface area contributed by atoms with Crippen molar-refractivity contribution in [2.24, 2.45) is 0 Å². The second kappa shape index (κ2) is 10.6. The minimum absolute atomic E-state index is 0.0115. The number of alkyl halides is 3. The van der Waals surface area contributed by atoms with E-state index >= 15 is 0 Å². The first-order valence-electron chi connectivity index (χ1n) is 8.73. The lowest BCUT2D eigenvalue weighted by molar-refractivity contribution is -0.188. The first-order valence-corrected chi connectivity index (χ1v) is 8.73. The molecule has 0 radical (unpaired) electrons. The summed E-state index contributed by atoms with van der Waals surface area (Å²) in [5, 5.41) is 0. The summed E-state index contributed by atoms with van der Waals surface area (Å²) in [5.74, 6) is -5.17. The number of hydrogen-bond donors (Lipinski definition) is 0. The van der Waals surface area contributed by atoms with Crippen LogP contribution in [-0.4, -0.2) is 80.1 Å². The molecule has 0 saturated carbocycles. The number of ether oxygens (including phenoxy) is 2. The van der Waals surface area contributed by atoms with E-state index in [2.05, 4.69) is 4.74 Å². The third kappa shape index (κ3) is 6.46. The topological polar surface area (TPSA) is 93.2 Å². The number of benzene rings is 1. The zero-order chi connectivity index (χ0) is 23.1. The second-order valence-electron chi connectivity index (χ2n) is 6.39. The van der Waals surface area contributed by atoms with Crippen molar-refractivity contribution in [1.82, 2.24) is 9.80 Å². The van der Waals surface area contributed by atoms with Crippen molar-refractivity contribution in [1.29, 1.82) is 0 Å². The zero-order valence-corrected chi connectivity index (χ0v) is 16.9. The fraction of sp³-hybridized carbons (Fsp3) is 0.474. The van der Waals surface area contributed by atoms with Crippen LogP contribution in [0.15, 0.2) is 30.3 Å². The second-order valence-corrected chi connectivity index (χ2v) is 6.39. The molecule has 0 aromatic heterocycles. The summed E-state index contributed by atoms with van der Waals surface area (Å²) >= 11 is 0. The molecule has 1 rings (SSSR count). The van der Waals surface area contributed by atoms with E-state index in [0.717, 1.165) is 26.2 Å². The lowest BCUT2D eigenvalue weighted by Crippen LogP contribution is -2.56. The molecule has 0 saturated heterocycles. The van der Waals surface area contributed by atoms with Gasteiger partial charge in [0.1, 0.15) is 12.1 Å². The molecule has 2 atom stereocenters. The maximum Gasteiger partial charge on any atom is 0.471 e. The number of carbonyl (C=O) groups excluding carboxylic acids is 4. The third-order valence-corrected chi connectivity index (χ3v) is 4.46. The lowest BCUT2D eigenvalue weighted by Gasteiger charge is -2.33. The summed E-state index contributed by atoms with van der Waals surface area (Å²) in [6.07, 6.45) is -6.07. The van der Waals surface area contributed by atoms with Crippen LogP contribution in [0, 0.1) is 0 Å². The summed E-state index contributed by atoms with van der Waals surface area (Å²) in [4.78, 5) is 49.5. The highest BCUT2D eigenvalue weighted by Gasteiger charge is 2.46. The number of halogens is 3. The van der Waals surface area contributed by atoms with Crippen molar-refractivity contribution < 1.29 is 41.8 Å². The minimum atomic E-state index is -5.26. The van der Waals surface area contributed by atoms with Crippen molar-refractivity contribution in [3.63, 3.8) is 0 Å². The Morgan fingerprint density at radius 1 is 0.933 bits per heavy atom. The first-order chi connectivity index (χ1) is 13.9. The zero-order valence-electron chi connectivity index (χ0n) is 16.9. The molecule has 0 aliphatic carbocycles. The van der Waals surface area contributed by atoms with E-state index in [-0.39, 0.29) is 11.3 Å². The number of methoxy groups -OCH3 is 2. The Hall–Kier alpha value is -3.11. The standard InChI is InChI=1S/C19H23F3N2O6/c1-23(14(17(27)30-4)10-12-8-6-5-7-9-12)16(26)13(11-15(25)29-3)24(2)18(28)19(20,21)22/h5-9,13-14H,10-11H2,1-4H3. The molecule has 2 amide bonds. The molecule has 1 aromatic carbocycles. The quantitative estimate of drug-likeness (QED) is 0.573. The van der Waals surface area contributed by atoms with E-state index in [0.29, 0.717) is 5.56 Å². The van der Waals surface area contributed by atoms with Gasteiger partial charge in [0.25, 0.3) is 0 Å². The molecule has 30 heavy (non-hydrogen) atoms. The molecule has 0 aliphatic rings. The van der Waals surface area contributed by atoms with Gasteiger partial charge in [-0.15, -0.1) is 0 Å². The van der Waals surface area contributed by atoms with Crippen LogP contribution in [0.2, 0.25) is 0 Å². The SMILES string of the molecule is COC(=O)CC(C(=O)N(C)C(Cc1ccccc1)C(=O)OC)N(C)C(=O)C(F)(F)F. The highest BCUT2D eigenvalue weighted by molar-refractivity contribution is 5.94. The fourth-order valence-corrected chi connectivity index (χ4v) is 2.71. The van der Waals surface area contributed by atoms with Gasteiger partial charge < -0.3 is 19.3 Å². The molecule has 0 fully saturated rings. The number of nitrogens with zero attached hydrogens (tertiary/aromatic N) is 2. The molecule has 0 heterocycles. The number of rotatable bonds is 8. The molecule has 2 unspecified atom stereocenters. The number of carbonyl (C=O) groups is 4. The highest BCUT2D eigenvalue weighted by atomic mass is 19.4. The third-order valence-electron chi connectivity index (χ3n) is 4.46. The molecule has 0 spiro atoms. The summed E-state index contributed by atoms with van der Waals surface area (Å²) in [6, 6.07) is 5.52. The van der Waals surface area contributed by atoms with Crippen molar-refractivity contribution >= 4 is 23.8 Å². The van der Waals surface area contributed by atoms with Crippen LogP contribution >= 0.6 is 0 Å². The maximum absolute atomic E-state index is 13.0. The Kier molecular flexibility index (Phi) is 8.81. The molecule has 1 aromatic rings. The average Bonchev–Trinajstić information content (AvgIpc) is 2.73. The molecule has 0 aliphatic heterocycles. The monoisotopic (exact) mass is 432 g/mol. The van der Waals surface area contributed by atoms with Gasteiger partial charge in [0.05, 0.1) is 20.6 Å². The Morgan fingerprint density at radius 2 is 1.50 bits per heavy atom. The largest absolute Gasteiger partial charge is 0.471 e. The number of esters is 2. The number of amides is 2. The summed E-state index contributed by atoms with van der Waals surface area (Å²) < 4.78 is 47.7. The van der Waals surface area contributed by atoms with Crippen LogP contribution in [0.5, 0.6) is 0 Å². The smallest absolute Gasteiger partial charge is 0.469 e. The number of likely N-dealkylation sites (N-methyl/N-ethyl adjacent to an activating group) is 2. The first kappa shape index (κ1) is 24.9. The van der Waals surface area contributed by atoms with Gasteiger partial charge in [-0.2, -0.15) is 13.2 Å². The summed E-state index contributed by atoms with van der Waals surface area (Å²) in [7, 11) is 4.03. The van der Waals surface area contributed by atoms with Crippen molar-refractivity contribution in [3.05, 3.63) is 35.9 Å². The molecule has 8 nitrogen and oxygen atoms in total. The van der Waals surface area contributed by atoms with Crippen LogP contribution in [0.25, 0.3) is 0 Å². The normalized spacial score (nSPS) is 13.0. The number of hydrogen-bond acceptors (Lipinski definition) is 6. The lowest BCUT2D eigenvalue weighted by atomic mass is 10.0. The van der Waals surface area contributed by atoms with Crippen LogP contribution in [0.4, 0.5) is 13.2 Å². The van der Waals surface area contributed by atoms with E-state index in [1.54, 1.807) is 30.3 Å².